The maximum absolute atomic E-state index is 13.7. The predicted octanol–water partition coefficient (Wildman–Crippen LogP) is 1.92. The number of para-hydroxylation sites is 2. The van der Waals surface area contributed by atoms with Gasteiger partial charge in [-0.2, -0.15) is 0 Å². The molecule has 0 aliphatic carbocycles. The first-order valence-electron chi connectivity index (χ1n) is 11.9. The summed E-state index contributed by atoms with van der Waals surface area (Å²) in [6.07, 6.45) is 4.88. The van der Waals surface area contributed by atoms with Crippen molar-refractivity contribution in [2.45, 2.75) is 64.1 Å². The number of carbonyl (C=O) groups is 2. The maximum atomic E-state index is 13.7. The average molecular weight is 470 g/mol. The molecule has 10 nitrogen and oxygen atoms in total. The van der Waals surface area contributed by atoms with E-state index in [9.17, 15) is 19.5 Å². The summed E-state index contributed by atoms with van der Waals surface area (Å²) in [5.41, 5.74) is -0.225. The van der Waals surface area contributed by atoms with Crippen molar-refractivity contribution in [1.82, 2.24) is 19.8 Å². The smallest absolute Gasteiger partial charge is 0.360 e. The van der Waals surface area contributed by atoms with Crippen LogP contribution in [0.15, 0.2) is 34.2 Å². The van der Waals surface area contributed by atoms with Crippen molar-refractivity contribution in [2.24, 2.45) is 5.16 Å². The van der Waals surface area contributed by atoms with E-state index in [1.807, 2.05) is 26.0 Å². The molecule has 0 saturated carbocycles. The summed E-state index contributed by atoms with van der Waals surface area (Å²) in [4.78, 5) is 48.9. The molecule has 2 fully saturated rings. The van der Waals surface area contributed by atoms with Crippen LogP contribution in [0.3, 0.4) is 0 Å². The van der Waals surface area contributed by atoms with Crippen LogP contribution in [0.2, 0.25) is 0 Å². The fraction of sp³-hybridized carbons (Fsp3) is 0.542. The molecule has 2 unspecified atom stereocenters. The van der Waals surface area contributed by atoms with Gasteiger partial charge in [-0.3, -0.25) is 9.59 Å². The van der Waals surface area contributed by atoms with Crippen molar-refractivity contribution < 1.29 is 19.5 Å². The van der Waals surface area contributed by atoms with Gasteiger partial charge in [-0.05, 0) is 51.7 Å². The van der Waals surface area contributed by atoms with Gasteiger partial charge in [-0.15, -0.1) is 0 Å². The zero-order valence-electron chi connectivity index (χ0n) is 19.6. The molecular formula is C24H31N5O5. The van der Waals surface area contributed by atoms with Gasteiger partial charge in [0.1, 0.15) is 0 Å². The summed E-state index contributed by atoms with van der Waals surface area (Å²) < 4.78 is 1.68. The second-order valence-corrected chi connectivity index (χ2v) is 8.83. The number of oxime groups is 1. The highest BCUT2D eigenvalue weighted by Crippen LogP contribution is 2.33. The Bertz CT molecular complexity index is 1140. The normalized spacial score (nSPS) is 22.4. The van der Waals surface area contributed by atoms with E-state index in [0.717, 1.165) is 25.7 Å². The molecule has 2 saturated heterocycles. The zero-order chi connectivity index (χ0) is 24.2. The number of piperidine rings is 2. The molecule has 2 atom stereocenters. The summed E-state index contributed by atoms with van der Waals surface area (Å²) in [6, 6.07) is 7.82. The van der Waals surface area contributed by atoms with Gasteiger partial charge in [-0.1, -0.05) is 23.7 Å². The number of fused-ring (bicyclic) bond motifs is 3. The van der Waals surface area contributed by atoms with E-state index in [-0.39, 0.29) is 17.6 Å². The molecule has 34 heavy (non-hydrogen) atoms. The number of aliphatic carboxylic acids is 1. The number of hydrogen-bond donors (Lipinski definition) is 2. The summed E-state index contributed by atoms with van der Waals surface area (Å²) in [5.74, 6) is -1.76. The second kappa shape index (κ2) is 10.3. The lowest BCUT2D eigenvalue weighted by molar-refractivity contribution is -0.136. The molecule has 2 aliphatic rings. The minimum absolute atomic E-state index is 0.0732. The number of nitrogens with zero attached hydrogens (tertiary/aromatic N) is 4. The number of benzene rings is 1. The van der Waals surface area contributed by atoms with Crippen LogP contribution < -0.4 is 10.9 Å². The zero-order valence-corrected chi connectivity index (χ0v) is 19.6. The van der Waals surface area contributed by atoms with Crippen molar-refractivity contribution in [3.05, 3.63) is 40.3 Å². The number of likely N-dealkylation sites (N-methyl/N-ethyl adjacent to an activating group) is 1. The predicted molar refractivity (Wildman–Crippen MR) is 127 cm³/mol. The number of carbonyl (C=O) groups excluding carboxylic acids is 1. The van der Waals surface area contributed by atoms with Crippen molar-refractivity contribution in [2.75, 3.05) is 19.7 Å². The van der Waals surface area contributed by atoms with Crippen LogP contribution in [-0.2, 0) is 14.4 Å². The van der Waals surface area contributed by atoms with Crippen LogP contribution in [0, 0.1) is 0 Å². The maximum Gasteiger partial charge on any atom is 0.360 e. The fourth-order valence-corrected chi connectivity index (χ4v) is 5.12. The van der Waals surface area contributed by atoms with Gasteiger partial charge in [0.25, 0.3) is 11.5 Å². The Morgan fingerprint density at radius 3 is 2.53 bits per heavy atom. The lowest BCUT2D eigenvalue weighted by Crippen LogP contribution is -2.50. The first-order valence-corrected chi connectivity index (χ1v) is 11.9. The Kier molecular flexibility index (Phi) is 7.26. The number of rotatable bonds is 8. The molecule has 2 aliphatic heterocycles. The highest BCUT2D eigenvalue weighted by molar-refractivity contribution is 6.41. The molecular weight excluding hydrogens is 438 g/mol. The second-order valence-electron chi connectivity index (χ2n) is 8.83. The van der Waals surface area contributed by atoms with Crippen molar-refractivity contribution in [1.29, 1.82) is 0 Å². The fourth-order valence-electron chi connectivity index (χ4n) is 5.12. The number of aromatic nitrogens is 2. The lowest BCUT2D eigenvalue weighted by atomic mass is 9.84. The van der Waals surface area contributed by atoms with Gasteiger partial charge in [-0.25, -0.2) is 9.78 Å². The Morgan fingerprint density at radius 1 is 1.21 bits per heavy atom. The van der Waals surface area contributed by atoms with Gasteiger partial charge in [0.2, 0.25) is 5.71 Å². The average Bonchev–Trinajstić information content (AvgIpc) is 2.82. The van der Waals surface area contributed by atoms with Gasteiger partial charge in [0.05, 0.1) is 11.0 Å². The molecule has 2 N–H and O–H groups in total. The molecule has 1 amide bonds. The molecule has 4 rings (SSSR count). The van der Waals surface area contributed by atoms with Crippen LogP contribution >= 0.6 is 0 Å². The number of carboxylic acid groups (broad SMARTS) is 1. The first-order chi connectivity index (χ1) is 16.4. The van der Waals surface area contributed by atoms with Crippen LogP contribution in [0.1, 0.15) is 57.7 Å². The summed E-state index contributed by atoms with van der Waals surface area (Å²) >= 11 is 0. The minimum Gasteiger partial charge on any atom is -0.476 e. The highest BCUT2D eigenvalue weighted by atomic mass is 16.6. The summed E-state index contributed by atoms with van der Waals surface area (Å²) in [7, 11) is 0. The number of hydrogen-bond acceptors (Lipinski definition) is 7. The third-order valence-corrected chi connectivity index (χ3v) is 6.74. The Hall–Kier alpha value is -3.27. The molecule has 2 bridgehead atoms. The summed E-state index contributed by atoms with van der Waals surface area (Å²) in [6.45, 7) is 4.26. The Labute approximate surface area is 197 Å². The van der Waals surface area contributed by atoms with E-state index in [2.05, 4.69) is 15.5 Å². The molecule has 1 aromatic heterocycles. The van der Waals surface area contributed by atoms with E-state index in [1.54, 1.807) is 21.6 Å². The topological polar surface area (TPSA) is 126 Å². The van der Waals surface area contributed by atoms with E-state index in [1.165, 1.54) is 6.42 Å². The van der Waals surface area contributed by atoms with E-state index >= 15 is 0 Å². The largest absolute Gasteiger partial charge is 0.476 e. The third kappa shape index (κ3) is 4.82. The minimum atomic E-state index is -1.44. The van der Waals surface area contributed by atoms with Gasteiger partial charge in [0.15, 0.2) is 12.3 Å². The molecule has 0 spiro atoms. The van der Waals surface area contributed by atoms with Crippen LogP contribution in [-0.4, -0.2) is 68.9 Å². The Morgan fingerprint density at radius 2 is 1.88 bits per heavy atom. The molecule has 2 aromatic rings. The first kappa shape index (κ1) is 23.9. The lowest BCUT2D eigenvalue weighted by Gasteiger charge is -2.41. The molecule has 10 heteroatoms. The van der Waals surface area contributed by atoms with Crippen molar-refractivity contribution in [3.63, 3.8) is 0 Å². The Balaban J connectivity index is 1.73. The number of carboxylic acids is 1. The van der Waals surface area contributed by atoms with Gasteiger partial charge < -0.3 is 24.7 Å². The molecule has 3 heterocycles. The van der Waals surface area contributed by atoms with Gasteiger partial charge in [0, 0.05) is 31.2 Å². The van der Waals surface area contributed by atoms with E-state index < -0.39 is 23.8 Å². The van der Waals surface area contributed by atoms with Crippen LogP contribution in [0.5, 0.6) is 0 Å². The van der Waals surface area contributed by atoms with Crippen molar-refractivity contribution >= 4 is 28.6 Å². The monoisotopic (exact) mass is 469 g/mol. The van der Waals surface area contributed by atoms with Gasteiger partial charge >= 0.3 is 5.97 Å². The standard InChI is InChI=1S/C24H31N5O5/c1-3-28(4-2)20(30)14-34-27-22(24(32)33)21-23(31)29(19-11-6-5-10-18(19)26-21)17-12-15-8-7-9-16(13-17)25-15/h5-6,10-11,15-17,25H,3-4,7-9,12-14H2,1-2H3,(H,32,33)/b27-22-. The quantitative estimate of drug-likeness (QED) is 0.447. The number of nitrogens with one attached hydrogen (secondary N) is 1. The number of amides is 1. The summed E-state index contributed by atoms with van der Waals surface area (Å²) in [5, 5.41) is 17.1. The third-order valence-electron chi connectivity index (χ3n) is 6.74. The highest BCUT2D eigenvalue weighted by Gasteiger charge is 2.34. The van der Waals surface area contributed by atoms with E-state index in [4.69, 9.17) is 4.84 Å². The molecule has 182 valence electrons. The van der Waals surface area contributed by atoms with Crippen molar-refractivity contribution in [3.8, 4) is 0 Å². The molecule has 0 radical (unpaired) electrons. The SMILES string of the molecule is CCN(CC)C(=O)CO/N=C(\C(=O)O)c1nc2ccccc2n(C2CC3CCCC(C2)N3)c1=O. The molecule has 1 aromatic carbocycles. The van der Waals surface area contributed by atoms with E-state index in [0.29, 0.717) is 36.2 Å². The van der Waals surface area contributed by atoms with Crippen LogP contribution in [0.25, 0.3) is 11.0 Å². The van der Waals surface area contributed by atoms with Crippen LogP contribution in [0.4, 0.5) is 0 Å².